The Balaban J connectivity index is 2.31. The first-order valence-electron chi connectivity index (χ1n) is 5.84. The topological polar surface area (TPSA) is 49.5 Å². The normalized spacial score (nSPS) is 27.7. The van der Waals surface area contributed by atoms with Gasteiger partial charge in [-0.25, -0.2) is 4.39 Å². The molecule has 1 fully saturated rings. The summed E-state index contributed by atoms with van der Waals surface area (Å²) < 4.78 is 13.9. The molecule has 0 unspecified atom stereocenters. The van der Waals surface area contributed by atoms with E-state index in [0.717, 1.165) is 5.56 Å². The van der Waals surface area contributed by atoms with Gasteiger partial charge in [0.05, 0.1) is 11.8 Å². The smallest absolute Gasteiger partial charge is 0.146 e. The molecule has 0 aliphatic heterocycles. The van der Waals surface area contributed by atoms with Gasteiger partial charge in [-0.3, -0.25) is 0 Å². The molecule has 1 aliphatic rings. The van der Waals surface area contributed by atoms with Gasteiger partial charge in [0.2, 0.25) is 0 Å². The highest BCUT2D eigenvalue weighted by Gasteiger charge is 2.43. The molecular formula is C13H19FN2O. The van der Waals surface area contributed by atoms with E-state index in [1.807, 2.05) is 20.2 Å². The summed E-state index contributed by atoms with van der Waals surface area (Å²) >= 11 is 0. The van der Waals surface area contributed by atoms with Gasteiger partial charge >= 0.3 is 0 Å². The van der Waals surface area contributed by atoms with Gasteiger partial charge in [-0.2, -0.15) is 0 Å². The molecule has 3 nitrogen and oxygen atoms in total. The summed E-state index contributed by atoms with van der Waals surface area (Å²) in [6.07, 6.45) is 0.962. The summed E-state index contributed by atoms with van der Waals surface area (Å²) in [4.78, 5) is 1.74. The van der Waals surface area contributed by atoms with Crippen molar-refractivity contribution in [1.29, 1.82) is 0 Å². The van der Waals surface area contributed by atoms with E-state index >= 15 is 0 Å². The number of rotatable bonds is 3. The molecule has 0 amide bonds. The molecule has 17 heavy (non-hydrogen) atoms. The standard InChI is InChI=1S/C13H19FN2O/c1-16(2)12-4-3-9(5-11(12)14)13(8-15)6-10(17)7-13/h3-5,10,17H,6-8,15H2,1-2H3. The maximum atomic E-state index is 13.9. The molecule has 1 saturated carbocycles. The van der Waals surface area contributed by atoms with Crippen molar-refractivity contribution >= 4 is 5.69 Å². The zero-order valence-corrected chi connectivity index (χ0v) is 10.3. The third-order valence-corrected chi connectivity index (χ3v) is 3.69. The van der Waals surface area contributed by atoms with Gasteiger partial charge in [-0.15, -0.1) is 0 Å². The van der Waals surface area contributed by atoms with Crippen LogP contribution in [0.5, 0.6) is 0 Å². The zero-order valence-electron chi connectivity index (χ0n) is 10.3. The Labute approximate surface area is 101 Å². The van der Waals surface area contributed by atoms with Crippen molar-refractivity contribution in [2.75, 3.05) is 25.5 Å². The number of nitrogens with two attached hydrogens (primary N) is 1. The van der Waals surface area contributed by atoms with Crippen molar-refractivity contribution in [2.24, 2.45) is 5.73 Å². The number of hydrogen-bond donors (Lipinski definition) is 2. The van der Waals surface area contributed by atoms with Crippen LogP contribution in [0.3, 0.4) is 0 Å². The second-order valence-corrected chi connectivity index (χ2v) is 5.11. The summed E-state index contributed by atoms with van der Waals surface area (Å²) in [5.41, 5.74) is 7.00. The minimum absolute atomic E-state index is 0.231. The number of halogens is 1. The number of aliphatic hydroxyl groups is 1. The first-order chi connectivity index (χ1) is 7.98. The maximum Gasteiger partial charge on any atom is 0.146 e. The first kappa shape index (κ1) is 12.3. The van der Waals surface area contributed by atoms with Crippen LogP contribution in [0.1, 0.15) is 18.4 Å². The van der Waals surface area contributed by atoms with Gasteiger partial charge in [0, 0.05) is 26.1 Å². The zero-order chi connectivity index (χ0) is 12.6. The summed E-state index contributed by atoms with van der Waals surface area (Å²) in [5, 5.41) is 9.43. The molecule has 3 N–H and O–H groups in total. The molecule has 0 atom stereocenters. The van der Waals surface area contributed by atoms with Crippen molar-refractivity contribution in [3.63, 3.8) is 0 Å². The molecule has 4 heteroatoms. The fraction of sp³-hybridized carbons (Fsp3) is 0.538. The monoisotopic (exact) mass is 238 g/mol. The molecule has 94 valence electrons. The fourth-order valence-corrected chi connectivity index (χ4v) is 2.56. The Bertz CT molecular complexity index is 414. The second kappa shape index (κ2) is 4.27. The minimum atomic E-state index is -0.296. The van der Waals surface area contributed by atoms with Gasteiger partial charge in [-0.1, -0.05) is 6.07 Å². The molecule has 0 radical (unpaired) electrons. The van der Waals surface area contributed by atoms with Crippen LogP contribution in [0.2, 0.25) is 0 Å². The molecular weight excluding hydrogens is 219 g/mol. The van der Waals surface area contributed by atoms with Crippen molar-refractivity contribution in [2.45, 2.75) is 24.4 Å². The van der Waals surface area contributed by atoms with E-state index in [1.165, 1.54) is 0 Å². The van der Waals surface area contributed by atoms with Crippen LogP contribution in [0, 0.1) is 5.82 Å². The Kier molecular flexibility index (Phi) is 3.10. The number of anilines is 1. The third kappa shape index (κ3) is 2.03. The lowest BCUT2D eigenvalue weighted by atomic mass is 9.63. The summed E-state index contributed by atoms with van der Waals surface area (Å²) in [6.45, 7) is 0.449. The molecule has 1 aromatic carbocycles. The van der Waals surface area contributed by atoms with E-state index in [0.29, 0.717) is 25.1 Å². The lowest BCUT2D eigenvalue weighted by Gasteiger charge is -2.45. The number of benzene rings is 1. The van der Waals surface area contributed by atoms with E-state index in [4.69, 9.17) is 5.73 Å². The maximum absolute atomic E-state index is 13.9. The Morgan fingerprint density at radius 1 is 1.47 bits per heavy atom. The highest BCUT2D eigenvalue weighted by Crippen LogP contribution is 2.43. The second-order valence-electron chi connectivity index (χ2n) is 5.11. The molecule has 0 spiro atoms. The molecule has 0 heterocycles. The SMILES string of the molecule is CN(C)c1ccc(C2(CN)CC(O)C2)cc1F. The lowest BCUT2D eigenvalue weighted by Crippen LogP contribution is -2.49. The number of hydrogen-bond acceptors (Lipinski definition) is 3. The van der Waals surface area contributed by atoms with Crippen LogP contribution in [-0.2, 0) is 5.41 Å². The fourth-order valence-electron chi connectivity index (χ4n) is 2.56. The summed E-state index contributed by atoms with van der Waals surface area (Å²) in [6, 6.07) is 5.23. The van der Waals surface area contributed by atoms with Crippen molar-refractivity contribution in [3.05, 3.63) is 29.6 Å². The van der Waals surface area contributed by atoms with E-state index in [9.17, 15) is 9.50 Å². The predicted molar refractivity (Wildman–Crippen MR) is 66.7 cm³/mol. The van der Waals surface area contributed by atoms with E-state index in [2.05, 4.69) is 0 Å². The Hall–Kier alpha value is -1.13. The van der Waals surface area contributed by atoms with E-state index in [1.54, 1.807) is 17.0 Å². The minimum Gasteiger partial charge on any atom is -0.393 e. The molecule has 1 aromatic rings. The highest BCUT2D eigenvalue weighted by atomic mass is 19.1. The van der Waals surface area contributed by atoms with E-state index < -0.39 is 0 Å². The van der Waals surface area contributed by atoms with Gasteiger partial charge < -0.3 is 15.7 Å². The first-order valence-corrected chi connectivity index (χ1v) is 5.84. The van der Waals surface area contributed by atoms with Gasteiger partial charge in [0.25, 0.3) is 0 Å². The van der Waals surface area contributed by atoms with Crippen LogP contribution in [0.25, 0.3) is 0 Å². The third-order valence-electron chi connectivity index (χ3n) is 3.69. The van der Waals surface area contributed by atoms with Crippen LogP contribution in [-0.4, -0.2) is 31.9 Å². The van der Waals surface area contributed by atoms with Crippen molar-refractivity contribution in [3.8, 4) is 0 Å². The average molecular weight is 238 g/mol. The Morgan fingerprint density at radius 3 is 2.53 bits per heavy atom. The molecule has 0 aromatic heterocycles. The summed E-state index contributed by atoms with van der Waals surface area (Å²) in [7, 11) is 3.62. The van der Waals surface area contributed by atoms with Crippen LogP contribution < -0.4 is 10.6 Å². The number of nitrogens with zero attached hydrogens (tertiary/aromatic N) is 1. The molecule has 0 saturated heterocycles. The number of aliphatic hydroxyl groups excluding tert-OH is 1. The van der Waals surface area contributed by atoms with Crippen LogP contribution in [0.15, 0.2) is 18.2 Å². The summed E-state index contributed by atoms with van der Waals surface area (Å²) in [5.74, 6) is -0.235. The predicted octanol–water partition coefficient (Wildman–Crippen LogP) is 1.24. The molecule has 0 bridgehead atoms. The van der Waals surface area contributed by atoms with Gasteiger partial charge in [0.1, 0.15) is 5.82 Å². The van der Waals surface area contributed by atoms with Crippen LogP contribution >= 0.6 is 0 Å². The van der Waals surface area contributed by atoms with Crippen molar-refractivity contribution in [1.82, 2.24) is 0 Å². The van der Waals surface area contributed by atoms with Gasteiger partial charge in [-0.05, 0) is 30.5 Å². The molecule has 2 rings (SSSR count). The van der Waals surface area contributed by atoms with E-state index in [-0.39, 0.29) is 17.3 Å². The Morgan fingerprint density at radius 2 is 2.12 bits per heavy atom. The highest BCUT2D eigenvalue weighted by molar-refractivity contribution is 5.49. The lowest BCUT2D eigenvalue weighted by molar-refractivity contribution is 0.0220. The van der Waals surface area contributed by atoms with Crippen LogP contribution in [0.4, 0.5) is 10.1 Å². The average Bonchev–Trinajstić information content (AvgIpc) is 2.23. The quantitative estimate of drug-likeness (QED) is 0.833. The largest absolute Gasteiger partial charge is 0.393 e. The van der Waals surface area contributed by atoms with Gasteiger partial charge in [0.15, 0.2) is 0 Å². The van der Waals surface area contributed by atoms with Crippen molar-refractivity contribution < 1.29 is 9.50 Å². The molecule has 1 aliphatic carbocycles.